The normalized spacial score (nSPS) is 10.9. The van der Waals surface area contributed by atoms with Crippen LogP contribution in [0.15, 0.2) is 29.4 Å². The van der Waals surface area contributed by atoms with Crippen molar-refractivity contribution in [3.05, 3.63) is 29.8 Å². The summed E-state index contributed by atoms with van der Waals surface area (Å²) in [5.41, 5.74) is 2.96. The fourth-order valence-electron chi connectivity index (χ4n) is 1.79. The van der Waals surface area contributed by atoms with Gasteiger partial charge in [-0.05, 0) is 44.4 Å². The Labute approximate surface area is 148 Å². The van der Waals surface area contributed by atoms with Crippen LogP contribution in [0.5, 0.6) is 5.75 Å². The number of benzene rings is 1. The molecule has 0 radical (unpaired) electrons. The molecule has 138 valence electrons. The Hall–Kier alpha value is -2.41. The highest BCUT2D eigenvalue weighted by Crippen LogP contribution is 2.12. The van der Waals surface area contributed by atoms with Crippen molar-refractivity contribution in [1.82, 2.24) is 10.7 Å². The Balaban J connectivity index is 2.32. The van der Waals surface area contributed by atoms with Gasteiger partial charge in [0.25, 0.3) is 0 Å². The van der Waals surface area contributed by atoms with Gasteiger partial charge in [0, 0.05) is 13.2 Å². The second-order valence-corrected chi connectivity index (χ2v) is 5.65. The van der Waals surface area contributed by atoms with Gasteiger partial charge in [-0.1, -0.05) is 19.1 Å². The van der Waals surface area contributed by atoms with Gasteiger partial charge in [0.2, 0.25) is 0 Å². The molecule has 0 unspecified atom stereocenters. The predicted octanol–water partition coefficient (Wildman–Crippen LogP) is 1.86. The molecule has 0 bridgehead atoms. The highest BCUT2D eigenvalue weighted by molar-refractivity contribution is 6.35. The number of ether oxygens (including phenoxy) is 2. The third-order valence-corrected chi connectivity index (χ3v) is 2.97. The summed E-state index contributed by atoms with van der Waals surface area (Å²) in [6, 6.07) is 7.31. The van der Waals surface area contributed by atoms with Crippen molar-refractivity contribution in [3.8, 4) is 5.75 Å². The van der Waals surface area contributed by atoms with Gasteiger partial charge in [0.05, 0.1) is 18.9 Å². The molecule has 0 aliphatic rings. The van der Waals surface area contributed by atoms with Crippen LogP contribution in [-0.2, 0) is 14.3 Å². The predicted molar refractivity (Wildman–Crippen MR) is 96.7 cm³/mol. The smallest absolute Gasteiger partial charge is 0.329 e. The Bertz CT molecular complexity index is 573. The van der Waals surface area contributed by atoms with Gasteiger partial charge in [-0.15, -0.1) is 0 Å². The first kappa shape index (κ1) is 20.6. The van der Waals surface area contributed by atoms with E-state index in [2.05, 4.69) is 15.8 Å². The third-order valence-electron chi connectivity index (χ3n) is 2.97. The van der Waals surface area contributed by atoms with Crippen molar-refractivity contribution < 1.29 is 19.1 Å². The van der Waals surface area contributed by atoms with Crippen molar-refractivity contribution in [2.75, 3.05) is 19.8 Å². The second kappa shape index (κ2) is 12.0. The van der Waals surface area contributed by atoms with Crippen molar-refractivity contribution in [3.63, 3.8) is 0 Å². The quantitative estimate of drug-likeness (QED) is 0.292. The number of rotatable bonds is 10. The van der Waals surface area contributed by atoms with Crippen LogP contribution in [0.2, 0.25) is 0 Å². The molecule has 0 heterocycles. The van der Waals surface area contributed by atoms with Crippen molar-refractivity contribution in [2.45, 2.75) is 39.7 Å². The summed E-state index contributed by atoms with van der Waals surface area (Å²) < 4.78 is 10.9. The van der Waals surface area contributed by atoms with E-state index in [1.165, 1.54) is 6.21 Å². The van der Waals surface area contributed by atoms with Crippen molar-refractivity contribution in [1.29, 1.82) is 0 Å². The average molecular weight is 349 g/mol. The van der Waals surface area contributed by atoms with E-state index in [0.717, 1.165) is 17.7 Å². The van der Waals surface area contributed by atoms with E-state index in [9.17, 15) is 9.59 Å². The molecule has 0 saturated carbocycles. The van der Waals surface area contributed by atoms with Crippen LogP contribution >= 0.6 is 0 Å². The molecule has 0 aliphatic heterocycles. The van der Waals surface area contributed by atoms with Crippen LogP contribution in [0.4, 0.5) is 0 Å². The van der Waals surface area contributed by atoms with Gasteiger partial charge in [0.15, 0.2) is 0 Å². The zero-order valence-electron chi connectivity index (χ0n) is 15.1. The van der Waals surface area contributed by atoms with Gasteiger partial charge in [0.1, 0.15) is 5.75 Å². The minimum absolute atomic E-state index is 0.152. The Morgan fingerprint density at radius 3 is 2.76 bits per heavy atom. The number of amides is 2. The summed E-state index contributed by atoms with van der Waals surface area (Å²) in [4.78, 5) is 23.2. The maximum Gasteiger partial charge on any atom is 0.329 e. The molecule has 7 nitrogen and oxygen atoms in total. The molecule has 0 atom stereocenters. The zero-order valence-corrected chi connectivity index (χ0v) is 15.1. The minimum atomic E-state index is -0.806. The highest BCUT2D eigenvalue weighted by Gasteiger charge is 2.11. The zero-order chi connectivity index (χ0) is 18.5. The Kier molecular flexibility index (Phi) is 9.92. The fraction of sp³-hybridized carbons (Fsp3) is 0.500. The largest absolute Gasteiger partial charge is 0.494 e. The molecule has 25 heavy (non-hydrogen) atoms. The summed E-state index contributed by atoms with van der Waals surface area (Å²) in [5.74, 6) is -0.792. The van der Waals surface area contributed by atoms with E-state index in [4.69, 9.17) is 9.47 Å². The lowest BCUT2D eigenvalue weighted by molar-refractivity contribution is -0.139. The molecule has 0 spiro atoms. The van der Waals surface area contributed by atoms with Crippen LogP contribution in [0.3, 0.4) is 0 Å². The molecular weight excluding hydrogens is 322 g/mol. The number of hydrazone groups is 1. The maximum absolute atomic E-state index is 11.6. The lowest BCUT2D eigenvalue weighted by Crippen LogP contribution is -2.38. The van der Waals surface area contributed by atoms with E-state index < -0.39 is 11.8 Å². The molecule has 0 aliphatic carbocycles. The van der Waals surface area contributed by atoms with Crippen molar-refractivity contribution in [2.24, 2.45) is 5.10 Å². The summed E-state index contributed by atoms with van der Waals surface area (Å²) in [6.45, 7) is 7.46. The van der Waals surface area contributed by atoms with E-state index in [1.807, 2.05) is 39.0 Å². The molecule has 0 fully saturated rings. The lowest BCUT2D eigenvalue weighted by Gasteiger charge is -2.07. The van der Waals surface area contributed by atoms with Crippen molar-refractivity contribution >= 4 is 18.0 Å². The topological polar surface area (TPSA) is 89.0 Å². The number of nitrogens with one attached hydrogen (secondary N) is 2. The van der Waals surface area contributed by atoms with E-state index in [1.54, 1.807) is 6.07 Å². The van der Waals surface area contributed by atoms with Crippen LogP contribution in [0.25, 0.3) is 0 Å². The van der Waals surface area contributed by atoms with Crippen LogP contribution in [-0.4, -0.2) is 43.9 Å². The monoisotopic (exact) mass is 349 g/mol. The van der Waals surface area contributed by atoms with Gasteiger partial charge >= 0.3 is 11.8 Å². The number of hydrogen-bond acceptors (Lipinski definition) is 5. The first-order valence-corrected chi connectivity index (χ1v) is 8.48. The Morgan fingerprint density at radius 2 is 2.04 bits per heavy atom. The number of carbonyl (C=O) groups excluding carboxylic acids is 2. The third kappa shape index (κ3) is 9.46. The minimum Gasteiger partial charge on any atom is -0.494 e. The standard InChI is InChI=1S/C18H27N3O4/c1-4-10-25-16-8-5-7-15(12-16)13-20-21-18(23)17(22)19-9-6-11-24-14(2)3/h5,7-8,12-14H,4,6,9-11H2,1-3H3,(H,19,22)(H,21,23)/b20-13-. The molecule has 2 N–H and O–H groups in total. The average Bonchev–Trinajstić information content (AvgIpc) is 2.59. The number of carbonyl (C=O) groups is 2. The molecule has 1 aromatic carbocycles. The molecule has 0 saturated heterocycles. The molecular formula is C18H27N3O4. The van der Waals surface area contributed by atoms with Gasteiger partial charge in [-0.25, -0.2) is 5.43 Å². The number of hydrogen-bond donors (Lipinski definition) is 2. The summed E-state index contributed by atoms with van der Waals surface area (Å²) >= 11 is 0. The first-order chi connectivity index (χ1) is 12.0. The lowest BCUT2D eigenvalue weighted by atomic mass is 10.2. The molecule has 1 rings (SSSR count). The molecule has 1 aromatic rings. The second-order valence-electron chi connectivity index (χ2n) is 5.65. The molecule has 7 heteroatoms. The van der Waals surface area contributed by atoms with Gasteiger partial charge in [-0.2, -0.15) is 5.10 Å². The maximum atomic E-state index is 11.6. The van der Waals surface area contributed by atoms with Gasteiger partial charge < -0.3 is 14.8 Å². The van der Waals surface area contributed by atoms with Crippen LogP contribution in [0, 0.1) is 0 Å². The highest BCUT2D eigenvalue weighted by atomic mass is 16.5. The molecule has 2 amide bonds. The first-order valence-electron chi connectivity index (χ1n) is 8.48. The van der Waals surface area contributed by atoms with Gasteiger partial charge in [-0.3, -0.25) is 9.59 Å². The van der Waals surface area contributed by atoms with Crippen LogP contribution < -0.4 is 15.5 Å². The fourth-order valence-corrected chi connectivity index (χ4v) is 1.79. The Morgan fingerprint density at radius 1 is 1.24 bits per heavy atom. The summed E-state index contributed by atoms with van der Waals surface area (Å²) in [5, 5.41) is 6.30. The van der Waals surface area contributed by atoms with E-state index in [0.29, 0.717) is 26.2 Å². The van der Waals surface area contributed by atoms with E-state index >= 15 is 0 Å². The van der Waals surface area contributed by atoms with Crippen LogP contribution in [0.1, 0.15) is 39.2 Å². The summed E-state index contributed by atoms with van der Waals surface area (Å²) in [7, 11) is 0. The summed E-state index contributed by atoms with van der Waals surface area (Å²) in [6.07, 6.45) is 3.18. The molecule has 0 aromatic heterocycles. The number of nitrogens with zero attached hydrogens (tertiary/aromatic N) is 1. The van der Waals surface area contributed by atoms with E-state index in [-0.39, 0.29) is 6.10 Å². The SMILES string of the molecule is CCCOc1cccc(/C=N\NC(=O)C(=O)NCCCOC(C)C)c1.